The first-order valence-electron chi connectivity index (χ1n) is 7.90. The Bertz CT molecular complexity index is 830. The second kappa shape index (κ2) is 4.57. The number of hydrogen-bond donors (Lipinski definition) is 0. The van der Waals surface area contributed by atoms with Crippen molar-refractivity contribution in [3.8, 4) is 11.8 Å². The third kappa shape index (κ3) is 1.76. The topological polar surface area (TPSA) is 44.2 Å². The lowest BCUT2D eigenvalue weighted by atomic mass is 10.0. The van der Waals surface area contributed by atoms with E-state index in [0.29, 0.717) is 0 Å². The molecule has 0 fully saturated rings. The Hall–Kier alpha value is -2.36. The molecule has 0 unspecified atom stereocenters. The van der Waals surface area contributed by atoms with Gasteiger partial charge in [0.25, 0.3) is 0 Å². The largest absolute Gasteiger partial charge is 0.477 e. The highest BCUT2D eigenvalue weighted by Gasteiger charge is 2.17. The van der Waals surface area contributed by atoms with Crippen LogP contribution in [0.25, 0.3) is 21.8 Å². The SMILES string of the molecule is c1cc2cc3c(nc2c2nc4c(cc12)CCCO4)OCCC3. The van der Waals surface area contributed by atoms with Gasteiger partial charge in [-0.3, -0.25) is 0 Å². The first-order chi connectivity index (χ1) is 10.9. The normalized spacial score (nSPS) is 16.7. The first-order valence-corrected chi connectivity index (χ1v) is 7.90. The summed E-state index contributed by atoms with van der Waals surface area (Å²) in [7, 11) is 0. The Morgan fingerprint density at radius 2 is 1.23 bits per heavy atom. The second-order valence-corrected chi connectivity index (χ2v) is 6.02. The highest BCUT2D eigenvalue weighted by molar-refractivity contribution is 6.03. The summed E-state index contributed by atoms with van der Waals surface area (Å²) in [5, 5.41) is 2.25. The third-order valence-electron chi connectivity index (χ3n) is 4.51. The predicted molar refractivity (Wildman–Crippen MR) is 84.7 cm³/mol. The molecule has 2 aromatic heterocycles. The fraction of sp³-hybridized carbons (Fsp3) is 0.333. The van der Waals surface area contributed by atoms with Crippen LogP contribution in [0.5, 0.6) is 11.8 Å². The van der Waals surface area contributed by atoms with Crippen LogP contribution in [-0.2, 0) is 12.8 Å². The molecule has 4 heteroatoms. The van der Waals surface area contributed by atoms with Gasteiger partial charge in [-0.05, 0) is 37.8 Å². The molecule has 4 nitrogen and oxygen atoms in total. The summed E-state index contributed by atoms with van der Waals surface area (Å²) < 4.78 is 11.4. The van der Waals surface area contributed by atoms with Crippen molar-refractivity contribution >= 4 is 21.8 Å². The molecule has 5 rings (SSSR count). The monoisotopic (exact) mass is 292 g/mol. The lowest BCUT2D eigenvalue weighted by Gasteiger charge is -2.19. The Kier molecular flexibility index (Phi) is 2.53. The lowest BCUT2D eigenvalue weighted by molar-refractivity contribution is 0.276. The van der Waals surface area contributed by atoms with Gasteiger partial charge in [0.15, 0.2) is 0 Å². The summed E-state index contributed by atoms with van der Waals surface area (Å²) >= 11 is 0. The van der Waals surface area contributed by atoms with Crippen molar-refractivity contribution in [2.75, 3.05) is 13.2 Å². The number of aromatic nitrogens is 2. The van der Waals surface area contributed by atoms with Gasteiger partial charge in [0, 0.05) is 21.9 Å². The van der Waals surface area contributed by atoms with Crippen molar-refractivity contribution in [2.45, 2.75) is 25.7 Å². The molecular weight excluding hydrogens is 276 g/mol. The van der Waals surface area contributed by atoms with E-state index in [0.717, 1.165) is 72.5 Å². The molecule has 110 valence electrons. The highest BCUT2D eigenvalue weighted by atomic mass is 16.5. The molecule has 2 aliphatic rings. The van der Waals surface area contributed by atoms with Gasteiger partial charge >= 0.3 is 0 Å². The molecule has 0 amide bonds. The van der Waals surface area contributed by atoms with Crippen molar-refractivity contribution in [3.05, 3.63) is 35.4 Å². The number of ether oxygens (including phenoxy) is 2. The minimum absolute atomic E-state index is 0.752. The summed E-state index contributed by atoms with van der Waals surface area (Å²) in [6.45, 7) is 1.50. The maximum Gasteiger partial charge on any atom is 0.217 e. The van der Waals surface area contributed by atoms with E-state index in [1.165, 1.54) is 11.1 Å². The quantitative estimate of drug-likeness (QED) is 0.595. The van der Waals surface area contributed by atoms with Gasteiger partial charge in [0.05, 0.1) is 13.2 Å². The average molecular weight is 292 g/mol. The van der Waals surface area contributed by atoms with Crippen LogP contribution in [-0.4, -0.2) is 23.2 Å². The average Bonchev–Trinajstić information content (AvgIpc) is 2.58. The Labute approximate surface area is 128 Å². The molecule has 0 atom stereocenters. The summed E-state index contributed by atoms with van der Waals surface area (Å²) in [5.41, 5.74) is 4.23. The Balaban J connectivity index is 1.82. The van der Waals surface area contributed by atoms with Crippen LogP contribution in [0.2, 0.25) is 0 Å². The Morgan fingerprint density at radius 3 is 1.73 bits per heavy atom. The molecular formula is C18H16N2O2. The smallest absolute Gasteiger partial charge is 0.217 e. The van der Waals surface area contributed by atoms with Crippen LogP contribution < -0.4 is 9.47 Å². The van der Waals surface area contributed by atoms with Crippen LogP contribution in [0, 0.1) is 0 Å². The zero-order valence-corrected chi connectivity index (χ0v) is 12.3. The molecule has 0 bridgehead atoms. The number of benzene rings is 1. The van der Waals surface area contributed by atoms with E-state index in [1.807, 2.05) is 0 Å². The highest BCUT2D eigenvalue weighted by Crippen LogP contribution is 2.33. The van der Waals surface area contributed by atoms with Crippen molar-refractivity contribution in [1.82, 2.24) is 9.97 Å². The standard InChI is InChI=1S/C18H16N2O2/c1-3-13-9-11-5-6-12-10-14-4-2-8-22-18(14)20-16(12)15(11)19-17(13)21-7-1/h5-6,9-10H,1-4,7-8H2. The summed E-state index contributed by atoms with van der Waals surface area (Å²) in [5.74, 6) is 1.54. The number of fused-ring (bicyclic) bond motifs is 5. The number of rotatable bonds is 0. The van der Waals surface area contributed by atoms with E-state index in [2.05, 4.69) is 24.3 Å². The van der Waals surface area contributed by atoms with Crippen molar-refractivity contribution in [3.63, 3.8) is 0 Å². The van der Waals surface area contributed by atoms with Crippen LogP contribution >= 0.6 is 0 Å². The summed E-state index contributed by atoms with van der Waals surface area (Å²) in [6.07, 6.45) is 4.20. The number of pyridine rings is 2. The minimum Gasteiger partial charge on any atom is -0.477 e. The van der Waals surface area contributed by atoms with Gasteiger partial charge < -0.3 is 9.47 Å². The number of aryl methyl sites for hydroxylation is 2. The van der Waals surface area contributed by atoms with E-state index >= 15 is 0 Å². The van der Waals surface area contributed by atoms with Gasteiger partial charge in [0.2, 0.25) is 11.8 Å². The first kappa shape index (κ1) is 12.2. The van der Waals surface area contributed by atoms with Crippen molar-refractivity contribution in [1.29, 1.82) is 0 Å². The molecule has 0 saturated heterocycles. The third-order valence-corrected chi connectivity index (χ3v) is 4.51. The molecule has 0 spiro atoms. The van der Waals surface area contributed by atoms with Gasteiger partial charge in [-0.2, -0.15) is 0 Å². The molecule has 3 aromatic rings. The molecule has 22 heavy (non-hydrogen) atoms. The molecule has 1 aromatic carbocycles. The van der Waals surface area contributed by atoms with Gasteiger partial charge in [-0.25, -0.2) is 9.97 Å². The molecule has 0 radical (unpaired) electrons. The van der Waals surface area contributed by atoms with E-state index in [-0.39, 0.29) is 0 Å². The number of hydrogen-bond acceptors (Lipinski definition) is 4. The second-order valence-electron chi connectivity index (χ2n) is 6.02. The van der Waals surface area contributed by atoms with E-state index in [4.69, 9.17) is 19.4 Å². The zero-order chi connectivity index (χ0) is 14.5. The fourth-order valence-electron chi connectivity index (χ4n) is 3.40. The number of nitrogens with zero attached hydrogens (tertiary/aromatic N) is 2. The summed E-state index contributed by atoms with van der Waals surface area (Å²) in [6, 6.07) is 8.66. The maximum absolute atomic E-state index is 5.72. The minimum atomic E-state index is 0.752. The molecule has 2 aliphatic heterocycles. The van der Waals surface area contributed by atoms with Gasteiger partial charge in [0.1, 0.15) is 11.0 Å². The Morgan fingerprint density at radius 1 is 0.727 bits per heavy atom. The van der Waals surface area contributed by atoms with E-state index in [1.54, 1.807) is 0 Å². The van der Waals surface area contributed by atoms with Gasteiger partial charge in [-0.15, -0.1) is 0 Å². The van der Waals surface area contributed by atoms with Crippen LogP contribution in [0.15, 0.2) is 24.3 Å². The molecule has 0 aliphatic carbocycles. The van der Waals surface area contributed by atoms with Crippen molar-refractivity contribution in [2.24, 2.45) is 0 Å². The van der Waals surface area contributed by atoms with Crippen LogP contribution in [0.3, 0.4) is 0 Å². The van der Waals surface area contributed by atoms with E-state index < -0.39 is 0 Å². The zero-order valence-electron chi connectivity index (χ0n) is 12.3. The van der Waals surface area contributed by atoms with Gasteiger partial charge in [-0.1, -0.05) is 12.1 Å². The predicted octanol–water partition coefficient (Wildman–Crippen LogP) is 3.43. The molecule has 0 N–H and O–H groups in total. The lowest BCUT2D eigenvalue weighted by Crippen LogP contribution is -2.11. The molecule has 4 heterocycles. The fourth-order valence-corrected chi connectivity index (χ4v) is 3.40. The van der Waals surface area contributed by atoms with Crippen LogP contribution in [0.4, 0.5) is 0 Å². The van der Waals surface area contributed by atoms with E-state index in [9.17, 15) is 0 Å². The van der Waals surface area contributed by atoms with Crippen LogP contribution in [0.1, 0.15) is 24.0 Å². The summed E-state index contributed by atoms with van der Waals surface area (Å²) in [4.78, 5) is 9.51. The molecule has 0 saturated carbocycles. The maximum atomic E-state index is 5.72. The van der Waals surface area contributed by atoms with Crippen molar-refractivity contribution < 1.29 is 9.47 Å².